The van der Waals surface area contributed by atoms with Crippen LogP contribution < -0.4 is 9.62 Å². The Morgan fingerprint density at radius 3 is 2.31 bits per heavy atom. The molecule has 174 valence electrons. The van der Waals surface area contributed by atoms with Crippen molar-refractivity contribution in [2.45, 2.75) is 32.9 Å². The first-order valence-corrected chi connectivity index (χ1v) is 12.2. The molecule has 0 spiro atoms. The average Bonchev–Trinajstić information content (AvgIpc) is 2.74. The molecule has 0 aromatic heterocycles. The summed E-state index contributed by atoms with van der Waals surface area (Å²) in [6.07, 6.45) is 1.31. The Bertz CT molecular complexity index is 1080. The number of nitrogens with zero attached hydrogens (tertiary/aromatic N) is 2. The monoisotopic (exact) mass is 483 g/mol. The van der Waals surface area contributed by atoms with Gasteiger partial charge in [-0.2, -0.15) is 0 Å². The van der Waals surface area contributed by atoms with Crippen LogP contribution in [0.25, 0.3) is 0 Å². The molecule has 0 unspecified atom stereocenters. The van der Waals surface area contributed by atoms with Gasteiger partial charge < -0.3 is 10.2 Å². The van der Waals surface area contributed by atoms with Crippen LogP contribution in [0.15, 0.2) is 42.5 Å². The lowest BCUT2D eigenvalue weighted by Crippen LogP contribution is -2.51. The van der Waals surface area contributed by atoms with Gasteiger partial charge in [-0.3, -0.25) is 13.9 Å². The fraction of sp³-hybridized carbons (Fsp3) is 0.364. The van der Waals surface area contributed by atoms with E-state index in [-0.39, 0.29) is 18.1 Å². The van der Waals surface area contributed by atoms with Crippen LogP contribution in [-0.4, -0.2) is 51.0 Å². The van der Waals surface area contributed by atoms with Crippen LogP contribution in [-0.2, 0) is 26.2 Å². The molecule has 2 amide bonds. The zero-order chi connectivity index (χ0) is 24.1. The van der Waals surface area contributed by atoms with E-state index in [1.54, 1.807) is 32.0 Å². The quantitative estimate of drug-likeness (QED) is 0.593. The average molecular weight is 484 g/mol. The maximum atomic E-state index is 13.4. The largest absolute Gasteiger partial charge is 0.357 e. The summed E-state index contributed by atoms with van der Waals surface area (Å²) in [6, 6.07) is 9.51. The molecule has 0 fully saturated rings. The molecule has 0 saturated carbocycles. The first-order chi connectivity index (χ1) is 15.0. The van der Waals surface area contributed by atoms with Crippen molar-refractivity contribution < 1.29 is 22.4 Å². The lowest BCUT2D eigenvalue weighted by atomic mass is 10.1. The first kappa shape index (κ1) is 25.6. The van der Waals surface area contributed by atoms with Crippen molar-refractivity contribution in [2.24, 2.45) is 0 Å². The molecule has 2 aromatic rings. The number of amides is 2. The zero-order valence-corrected chi connectivity index (χ0v) is 20.0. The van der Waals surface area contributed by atoms with Crippen molar-refractivity contribution in [3.05, 3.63) is 64.4 Å². The van der Waals surface area contributed by atoms with Gasteiger partial charge in [-0.25, -0.2) is 12.8 Å². The molecule has 0 aliphatic carbocycles. The van der Waals surface area contributed by atoms with Gasteiger partial charge in [-0.15, -0.1) is 0 Å². The molecule has 2 aromatic carbocycles. The highest BCUT2D eigenvalue weighted by Crippen LogP contribution is 2.28. The van der Waals surface area contributed by atoms with Crippen LogP contribution in [0.3, 0.4) is 0 Å². The Kier molecular flexibility index (Phi) is 8.63. The second-order valence-corrected chi connectivity index (χ2v) is 9.65. The van der Waals surface area contributed by atoms with E-state index in [1.165, 1.54) is 36.2 Å². The smallest absolute Gasteiger partial charge is 0.244 e. The molecule has 0 heterocycles. The Balaban J connectivity index is 2.46. The van der Waals surface area contributed by atoms with Crippen molar-refractivity contribution >= 4 is 39.1 Å². The molecule has 32 heavy (non-hydrogen) atoms. The first-order valence-electron chi connectivity index (χ1n) is 9.97. The number of likely N-dealkylation sites (N-methyl/N-ethyl adjacent to an activating group) is 1. The summed E-state index contributed by atoms with van der Waals surface area (Å²) in [6.45, 7) is 2.90. The second-order valence-electron chi connectivity index (χ2n) is 7.34. The molecule has 7 nitrogen and oxygen atoms in total. The third-order valence-corrected chi connectivity index (χ3v) is 6.62. The minimum atomic E-state index is -3.85. The number of carbonyl (C=O) groups excluding carboxylic acids is 2. The van der Waals surface area contributed by atoms with Gasteiger partial charge in [0, 0.05) is 18.6 Å². The number of hydrogen-bond donors (Lipinski definition) is 1. The highest BCUT2D eigenvalue weighted by Gasteiger charge is 2.31. The van der Waals surface area contributed by atoms with E-state index >= 15 is 0 Å². The third-order valence-electron chi connectivity index (χ3n) is 5.09. The number of halogens is 2. The number of anilines is 1. The molecular weight excluding hydrogens is 457 g/mol. The Hall–Kier alpha value is -2.65. The molecular formula is C22H27ClFN3O4S. The van der Waals surface area contributed by atoms with Gasteiger partial charge >= 0.3 is 0 Å². The minimum Gasteiger partial charge on any atom is -0.357 e. The minimum absolute atomic E-state index is 0.0111. The predicted molar refractivity (Wildman–Crippen MR) is 123 cm³/mol. The molecule has 0 aliphatic rings. The number of carbonyl (C=O) groups is 2. The van der Waals surface area contributed by atoms with E-state index < -0.39 is 34.3 Å². The van der Waals surface area contributed by atoms with Crippen molar-refractivity contribution in [1.29, 1.82) is 0 Å². The molecule has 0 radical (unpaired) electrons. The van der Waals surface area contributed by atoms with Gasteiger partial charge in [0.2, 0.25) is 21.8 Å². The lowest BCUT2D eigenvalue weighted by Gasteiger charge is -2.33. The van der Waals surface area contributed by atoms with Gasteiger partial charge in [0.15, 0.2) is 0 Å². The van der Waals surface area contributed by atoms with E-state index in [9.17, 15) is 22.4 Å². The summed E-state index contributed by atoms with van der Waals surface area (Å²) >= 11 is 6.16. The fourth-order valence-corrected chi connectivity index (χ4v) is 4.40. The van der Waals surface area contributed by atoms with Crippen LogP contribution in [0.1, 0.15) is 24.5 Å². The summed E-state index contributed by atoms with van der Waals surface area (Å²) in [5.74, 6) is -1.38. The highest BCUT2D eigenvalue weighted by atomic mass is 35.5. The van der Waals surface area contributed by atoms with Gasteiger partial charge in [-0.1, -0.05) is 36.7 Å². The van der Waals surface area contributed by atoms with Crippen molar-refractivity contribution in [1.82, 2.24) is 10.2 Å². The number of sulfonamides is 1. The number of rotatable bonds is 9. The molecule has 1 atom stereocenters. The van der Waals surface area contributed by atoms with Crippen molar-refractivity contribution in [3.8, 4) is 0 Å². The SMILES string of the molecule is CC[C@@H](C(=O)NC)N(Cc1ccc(F)cc1)C(=O)CN(c1cccc(Cl)c1C)S(C)(=O)=O. The highest BCUT2D eigenvalue weighted by molar-refractivity contribution is 7.92. The van der Waals surface area contributed by atoms with E-state index in [1.807, 2.05) is 0 Å². The predicted octanol–water partition coefficient (Wildman–Crippen LogP) is 3.11. The maximum Gasteiger partial charge on any atom is 0.244 e. The normalized spacial score (nSPS) is 12.2. The van der Waals surface area contributed by atoms with Crippen molar-refractivity contribution in [2.75, 3.05) is 24.2 Å². The molecule has 2 rings (SSSR count). The van der Waals surface area contributed by atoms with E-state index in [0.29, 0.717) is 22.6 Å². The summed E-state index contributed by atoms with van der Waals surface area (Å²) in [5, 5.41) is 2.90. The van der Waals surface area contributed by atoms with E-state index in [0.717, 1.165) is 10.6 Å². The Morgan fingerprint density at radius 2 is 1.78 bits per heavy atom. The van der Waals surface area contributed by atoms with Gasteiger partial charge in [0.1, 0.15) is 18.4 Å². The van der Waals surface area contributed by atoms with E-state index in [4.69, 9.17) is 11.6 Å². The topological polar surface area (TPSA) is 86.8 Å². The maximum absolute atomic E-state index is 13.4. The number of benzene rings is 2. The van der Waals surface area contributed by atoms with Gasteiger partial charge in [0.25, 0.3) is 0 Å². The molecule has 0 saturated heterocycles. The summed E-state index contributed by atoms with van der Waals surface area (Å²) in [4.78, 5) is 27.2. The standard InChI is InChI=1S/C22H27ClFN3O4S/c1-5-19(22(29)25-3)26(13-16-9-11-17(24)12-10-16)21(28)14-27(32(4,30)31)20-8-6-7-18(23)15(20)2/h6-12,19H,5,13-14H2,1-4H3,(H,25,29)/t19-/m0/s1. The lowest BCUT2D eigenvalue weighted by molar-refractivity contribution is -0.140. The molecule has 10 heteroatoms. The number of hydrogen-bond acceptors (Lipinski definition) is 4. The third kappa shape index (κ3) is 6.20. The molecule has 0 bridgehead atoms. The molecule has 1 N–H and O–H groups in total. The van der Waals surface area contributed by atoms with Crippen LogP contribution >= 0.6 is 11.6 Å². The van der Waals surface area contributed by atoms with Crippen molar-refractivity contribution in [3.63, 3.8) is 0 Å². The Labute approximate surface area is 193 Å². The zero-order valence-electron chi connectivity index (χ0n) is 18.4. The summed E-state index contributed by atoms with van der Waals surface area (Å²) < 4.78 is 39.4. The fourth-order valence-electron chi connectivity index (χ4n) is 3.33. The van der Waals surface area contributed by atoms with E-state index in [2.05, 4.69) is 5.32 Å². The molecule has 0 aliphatic heterocycles. The van der Waals surface area contributed by atoms with Gasteiger partial charge in [0.05, 0.1) is 11.9 Å². The van der Waals surface area contributed by atoms with Crippen LogP contribution in [0.4, 0.5) is 10.1 Å². The van der Waals surface area contributed by atoms with Gasteiger partial charge in [-0.05, 0) is 48.7 Å². The van der Waals surface area contributed by atoms with Crippen LogP contribution in [0, 0.1) is 12.7 Å². The van der Waals surface area contributed by atoms with Crippen LogP contribution in [0.2, 0.25) is 5.02 Å². The Morgan fingerprint density at radius 1 is 1.16 bits per heavy atom. The number of nitrogens with one attached hydrogen (secondary N) is 1. The van der Waals surface area contributed by atoms with Crippen LogP contribution in [0.5, 0.6) is 0 Å². The second kappa shape index (κ2) is 10.8. The summed E-state index contributed by atoms with van der Waals surface area (Å²) in [7, 11) is -2.38. The summed E-state index contributed by atoms with van der Waals surface area (Å²) in [5.41, 5.74) is 1.39.